The van der Waals surface area contributed by atoms with E-state index in [9.17, 15) is 4.21 Å². The van der Waals surface area contributed by atoms with Crippen molar-refractivity contribution >= 4 is 16.7 Å². The summed E-state index contributed by atoms with van der Waals surface area (Å²) in [7, 11) is -1.06. The largest absolute Gasteiger partial charge is 0.234 e. The van der Waals surface area contributed by atoms with Crippen molar-refractivity contribution in [2.24, 2.45) is 10.3 Å². The van der Waals surface area contributed by atoms with Crippen LogP contribution in [0.1, 0.15) is 53.4 Å². The molecule has 0 aromatic rings. The molecule has 2 nitrogen and oxygen atoms in total. The van der Waals surface area contributed by atoms with Crippen molar-refractivity contribution < 1.29 is 4.21 Å². The Hall–Kier alpha value is -0.180. The summed E-state index contributed by atoms with van der Waals surface area (Å²) in [6.07, 6.45) is 4.51. The molecule has 0 aromatic heterocycles. The third kappa shape index (κ3) is 3.52. The molecule has 82 valence electrons. The normalized spacial score (nSPS) is 26.0. The minimum absolute atomic E-state index is 0.212. The maximum absolute atomic E-state index is 11.7. The Labute approximate surface area is 89.8 Å². The second-order valence-corrected chi connectivity index (χ2v) is 7.11. The van der Waals surface area contributed by atoms with Crippen LogP contribution in [-0.2, 0) is 11.0 Å². The lowest BCUT2D eigenvalue weighted by atomic mass is 9.90. The van der Waals surface area contributed by atoms with E-state index in [-0.39, 0.29) is 4.75 Å². The fraction of sp³-hybridized carbons (Fsp3) is 0.909. The minimum atomic E-state index is -1.06. The van der Waals surface area contributed by atoms with Gasteiger partial charge < -0.3 is 0 Å². The van der Waals surface area contributed by atoms with E-state index < -0.39 is 11.0 Å². The van der Waals surface area contributed by atoms with Gasteiger partial charge in [0.15, 0.2) is 0 Å². The van der Waals surface area contributed by atoms with Crippen molar-refractivity contribution in [3.63, 3.8) is 0 Å². The van der Waals surface area contributed by atoms with Gasteiger partial charge in [-0.25, -0.2) is 4.21 Å². The summed E-state index contributed by atoms with van der Waals surface area (Å²) < 4.78 is 15.9. The smallest absolute Gasteiger partial charge is 0.144 e. The molecule has 1 aliphatic carbocycles. The van der Waals surface area contributed by atoms with Gasteiger partial charge in [0.05, 0.1) is 4.75 Å². The molecule has 0 N–H and O–H groups in total. The SMILES string of the molecule is CC1CCC(=N[S@@](=O)C(C)(C)C)CC1. The lowest BCUT2D eigenvalue weighted by molar-refractivity contribution is 0.484. The lowest BCUT2D eigenvalue weighted by Crippen LogP contribution is -2.22. The van der Waals surface area contributed by atoms with Crippen molar-refractivity contribution in [3.8, 4) is 0 Å². The van der Waals surface area contributed by atoms with Crippen LogP contribution in [0.5, 0.6) is 0 Å². The van der Waals surface area contributed by atoms with Crippen LogP contribution in [0.4, 0.5) is 0 Å². The Balaban J connectivity index is 2.57. The first-order valence-corrected chi connectivity index (χ1v) is 6.48. The second kappa shape index (κ2) is 4.56. The van der Waals surface area contributed by atoms with E-state index in [1.54, 1.807) is 0 Å². The van der Waals surface area contributed by atoms with Crippen molar-refractivity contribution in [2.75, 3.05) is 0 Å². The zero-order valence-electron chi connectivity index (χ0n) is 9.67. The van der Waals surface area contributed by atoms with E-state index in [0.717, 1.165) is 24.5 Å². The molecule has 0 radical (unpaired) electrons. The first kappa shape index (κ1) is 11.9. The van der Waals surface area contributed by atoms with Crippen LogP contribution in [0, 0.1) is 5.92 Å². The van der Waals surface area contributed by atoms with E-state index in [0.29, 0.717) is 0 Å². The molecule has 0 amide bonds. The van der Waals surface area contributed by atoms with E-state index in [1.807, 2.05) is 20.8 Å². The summed E-state index contributed by atoms with van der Waals surface area (Å²) >= 11 is 0. The van der Waals surface area contributed by atoms with Gasteiger partial charge in [-0.15, -0.1) is 0 Å². The van der Waals surface area contributed by atoms with E-state index >= 15 is 0 Å². The summed E-state index contributed by atoms with van der Waals surface area (Å²) in [5, 5.41) is 0. The van der Waals surface area contributed by atoms with Crippen molar-refractivity contribution in [3.05, 3.63) is 0 Å². The predicted octanol–water partition coefficient (Wildman–Crippen LogP) is 3.10. The van der Waals surface area contributed by atoms with E-state index in [2.05, 4.69) is 11.3 Å². The van der Waals surface area contributed by atoms with Gasteiger partial charge in [0.2, 0.25) is 0 Å². The molecule has 1 saturated carbocycles. The molecule has 14 heavy (non-hydrogen) atoms. The van der Waals surface area contributed by atoms with Crippen molar-refractivity contribution in [2.45, 2.75) is 58.1 Å². The fourth-order valence-corrected chi connectivity index (χ4v) is 2.13. The van der Waals surface area contributed by atoms with Gasteiger partial charge in [-0.1, -0.05) is 6.92 Å². The van der Waals surface area contributed by atoms with Crippen LogP contribution in [-0.4, -0.2) is 14.7 Å². The lowest BCUT2D eigenvalue weighted by Gasteiger charge is -2.20. The Morgan fingerprint density at radius 1 is 1.29 bits per heavy atom. The first-order valence-electron chi connectivity index (χ1n) is 5.38. The van der Waals surface area contributed by atoms with Crippen LogP contribution < -0.4 is 0 Å². The maximum atomic E-state index is 11.7. The van der Waals surface area contributed by atoms with Gasteiger partial charge in [-0.2, -0.15) is 4.40 Å². The molecule has 1 atom stereocenters. The molecule has 0 aliphatic heterocycles. The number of hydrogen-bond donors (Lipinski definition) is 0. The number of rotatable bonds is 1. The van der Waals surface area contributed by atoms with Crippen molar-refractivity contribution in [1.29, 1.82) is 0 Å². The van der Waals surface area contributed by atoms with Crippen LogP contribution in [0.3, 0.4) is 0 Å². The monoisotopic (exact) mass is 215 g/mol. The van der Waals surface area contributed by atoms with Gasteiger partial charge in [-0.05, 0) is 52.4 Å². The Kier molecular flexibility index (Phi) is 3.87. The third-order valence-corrected chi connectivity index (χ3v) is 4.06. The van der Waals surface area contributed by atoms with Crippen LogP contribution >= 0.6 is 0 Å². The summed E-state index contributed by atoms with van der Waals surface area (Å²) in [5.74, 6) is 0.817. The van der Waals surface area contributed by atoms with Crippen LogP contribution in [0.2, 0.25) is 0 Å². The highest BCUT2D eigenvalue weighted by molar-refractivity contribution is 7.85. The van der Waals surface area contributed by atoms with Crippen LogP contribution in [0.15, 0.2) is 4.40 Å². The summed E-state index contributed by atoms with van der Waals surface area (Å²) in [6.45, 7) is 8.19. The average molecular weight is 215 g/mol. The predicted molar refractivity (Wildman–Crippen MR) is 63.0 cm³/mol. The average Bonchev–Trinajstić information content (AvgIpc) is 2.07. The first-order chi connectivity index (χ1) is 6.39. The standard InChI is InChI=1S/C11H21NOS/c1-9-5-7-10(8-6-9)12-14(13)11(2,3)4/h9H,5-8H2,1-4H3/t9?,14-/m0/s1. The highest BCUT2D eigenvalue weighted by atomic mass is 32.2. The highest BCUT2D eigenvalue weighted by Gasteiger charge is 2.21. The van der Waals surface area contributed by atoms with Gasteiger partial charge >= 0.3 is 0 Å². The maximum Gasteiger partial charge on any atom is 0.144 e. The molecule has 0 bridgehead atoms. The molecule has 0 aromatic carbocycles. The van der Waals surface area contributed by atoms with Crippen LogP contribution in [0.25, 0.3) is 0 Å². The quantitative estimate of drug-likeness (QED) is 0.661. The molecular weight excluding hydrogens is 194 g/mol. The van der Waals surface area contributed by atoms with E-state index in [1.165, 1.54) is 12.8 Å². The third-order valence-electron chi connectivity index (χ3n) is 2.59. The molecular formula is C11H21NOS. The molecule has 0 spiro atoms. The summed E-state index contributed by atoms with van der Waals surface area (Å²) in [6, 6.07) is 0. The molecule has 0 heterocycles. The fourth-order valence-electron chi connectivity index (χ4n) is 1.44. The Morgan fingerprint density at radius 3 is 2.21 bits per heavy atom. The minimum Gasteiger partial charge on any atom is -0.234 e. The van der Waals surface area contributed by atoms with Crippen molar-refractivity contribution in [1.82, 2.24) is 0 Å². The topological polar surface area (TPSA) is 29.4 Å². The zero-order chi connectivity index (χ0) is 10.8. The molecule has 1 aliphatic rings. The number of nitrogens with zero attached hydrogens (tertiary/aromatic N) is 1. The molecule has 0 saturated heterocycles. The Morgan fingerprint density at radius 2 is 1.79 bits per heavy atom. The molecule has 1 fully saturated rings. The van der Waals surface area contributed by atoms with Gasteiger partial charge in [0, 0.05) is 5.71 Å². The molecule has 3 heteroatoms. The molecule has 0 unspecified atom stereocenters. The number of hydrogen-bond acceptors (Lipinski definition) is 1. The van der Waals surface area contributed by atoms with Gasteiger partial charge in [0.1, 0.15) is 11.0 Å². The Bertz CT molecular complexity index is 243. The van der Waals surface area contributed by atoms with Gasteiger partial charge in [0.25, 0.3) is 0 Å². The summed E-state index contributed by atoms with van der Waals surface area (Å²) in [5.41, 5.74) is 1.16. The van der Waals surface area contributed by atoms with Gasteiger partial charge in [-0.3, -0.25) is 0 Å². The second-order valence-electron chi connectivity index (χ2n) is 5.20. The van der Waals surface area contributed by atoms with E-state index in [4.69, 9.17) is 0 Å². The summed E-state index contributed by atoms with van der Waals surface area (Å²) in [4.78, 5) is 0. The zero-order valence-corrected chi connectivity index (χ0v) is 10.5. The highest BCUT2D eigenvalue weighted by Crippen LogP contribution is 2.23. The molecule has 1 rings (SSSR count).